The first-order valence-corrected chi connectivity index (χ1v) is 5.90. The van der Waals surface area contributed by atoms with Crippen LogP contribution in [0.25, 0.3) is 5.57 Å². The maximum atomic E-state index is 5.54. The smallest absolute Gasteiger partial charge is 0.187 e. The molecule has 1 saturated heterocycles. The Morgan fingerprint density at radius 3 is 2.67 bits per heavy atom. The van der Waals surface area contributed by atoms with E-state index in [1.807, 2.05) is 24.3 Å². The maximum absolute atomic E-state index is 5.54. The molecule has 4 nitrogen and oxygen atoms in total. The third kappa shape index (κ3) is 2.90. The van der Waals surface area contributed by atoms with Crippen LogP contribution in [0, 0.1) is 0 Å². The largest absolute Gasteiger partial charge is 0.504 e. The van der Waals surface area contributed by atoms with E-state index in [1.54, 1.807) is 20.5 Å². The van der Waals surface area contributed by atoms with Gasteiger partial charge in [-0.25, -0.2) is 0 Å². The molecular weight excluding hydrogens is 232 g/mol. The summed E-state index contributed by atoms with van der Waals surface area (Å²) >= 11 is 0. The molecule has 98 valence electrons. The van der Waals surface area contributed by atoms with Gasteiger partial charge in [-0.15, -0.1) is 0 Å². The quantitative estimate of drug-likeness (QED) is 0.751. The second-order valence-corrected chi connectivity index (χ2v) is 3.97. The SMILES string of the molecule is COC=C(c1ccccc1COC)C1OCCO1. The lowest BCUT2D eigenvalue weighted by Gasteiger charge is -2.17. The molecule has 1 heterocycles. The molecule has 0 spiro atoms. The zero-order valence-corrected chi connectivity index (χ0v) is 10.7. The van der Waals surface area contributed by atoms with E-state index in [2.05, 4.69) is 0 Å². The van der Waals surface area contributed by atoms with Crippen molar-refractivity contribution in [2.75, 3.05) is 27.4 Å². The van der Waals surface area contributed by atoms with Crippen molar-refractivity contribution in [3.05, 3.63) is 41.7 Å². The van der Waals surface area contributed by atoms with Gasteiger partial charge in [0.05, 0.1) is 33.2 Å². The number of hydrogen-bond donors (Lipinski definition) is 0. The van der Waals surface area contributed by atoms with Crippen LogP contribution >= 0.6 is 0 Å². The van der Waals surface area contributed by atoms with Crippen LogP contribution in [0.2, 0.25) is 0 Å². The second kappa shape index (κ2) is 6.54. The minimum absolute atomic E-state index is 0.358. The maximum Gasteiger partial charge on any atom is 0.187 e. The molecule has 0 unspecified atom stereocenters. The van der Waals surface area contributed by atoms with Gasteiger partial charge in [0.2, 0.25) is 0 Å². The molecule has 0 atom stereocenters. The van der Waals surface area contributed by atoms with Crippen molar-refractivity contribution in [2.45, 2.75) is 12.9 Å². The Hall–Kier alpha value is -1.36. The summed E-state index contributed by atoms with van der Waals surface area (Å²) in [5.74, 6) is 0. The third-order valence-electron chi connectivity index (χ3n) is 2.75. The highest BCUT2D eigenvalue weighted by Gasteiger charge is 2.24. The molecule has 2 rings (SSSR count). The van der Waals surface area contributed by atoms with Crippen molar-refractivity contribution < 1.29 is 18.9 Å². The zero-order chi connectivity index (χ0) is 12.8. The van der Waals surface area contributed by atoms with Crippen LogP contribution in [0.1, 0.15) is 11.1 Å². The standard InChI is InChI=1S/C14H18O4/c1-15-9-11-5-3-4-6-12(11)13(10-16-2)14-17-7-8-18-14/h3-6,10,14H,7-9H2,1-2H3. The van der Waals surface area contributed by atoms with E-state index < -0.39 is 0 Å². The van der Waals surface area contributed by atoms with Crippen LogP contribution in [0.4, 0.5) is 0 Å². The molecule has 1 fully saturated rings. The minimum atomic E-state index is -0.358. The summed E-state index contributed by atoms with van der Waals surface area (Å²) in [6.45, 7) is 1.76. The van der Waals surface area contributed by atoms with E-state index >= 15 is 0 Å². The first-order chi connectivity index (χ1) is 8.86. The van der Waals surface area contributed by atoms with Gasteiger partial charge in [-0.3, -0.25) is 0 Å². The van der Waals surface area contributed by atoms with Crippen molar-refractivity contribution in [3.63, 3.8) is 0 Å². The fourth-order valence-electron chi connectivity index (χ4n) is 1.99. The van der Waals surface area contributed by atoms with Crippen molar-refractivity contribution in [1.29, 1.82) is 0 Å². The van der Waals surface area contributed by atoms with Crippen molar-refractivity contribution in [3.8, 4) is 0 Å². The minimum Gasteiger partial charge on any atom is -0.504 e. The first kappa shape index (κ1) is 13.1. The van der Waals surface area contributed by atoms with E-state index in [0.29, 0.717) is 19.8 Å². The van der Waals surface area contributed by atoms with E-state index in [9.17, 15) is 0 Å². The highest BCUT2D eigenvalue weighted by atomic mass is 16.7. The molecule has 1 aromatic rings. The molecule has 18 heavy (non-hydrogen) atoms. The Morgan fingerprint density at radius 1 is 1.28 bits per heavy atom. The molecule has 1 aromatic carbocycles. The van der Waals surface area contributed by atoms with Crippen molar-refractivity contribution >= 4 is 5.57 Å². The summed E-state index contributed by atoms with van der Waals surface area (Å²) in [6, 6.07) is 8.01. The topological polar surface area (TPSA) is 36.9 Å². The van der Waals surface area contributed by atoms with Crippen LogP contribution < -0.4 is 0 Å². The molecule has 1 aliphatic heterocycles. The molecule has 0 aromatic heterocycles. The first-order valence-electron chi connectivity index (χ1n) is 5.90. The van der Waals surface area contributed by atoms with Crippen molar-refractivity contribution in [1.82, 2.24) is 0 Å². The van der Waals surface area contributed by atoms with Crippen LogP contribution in [-0.4, -0.2) is 33.7 Å². The molecule has 1 aliphatic rings. The monoisotopic (exact) mass is 250 g/mol. The van der Waals surface area contributed by atoms with E-state index in [4.69, 9.17) is 18.9 Å². The lowest BCUT2D eigenvalue weighted by Crippen LogP contribution is -2.12. The molecule has 0 saturated carbocycles. The van der Waals surface area contributed by atoms with Crippen LogP contribution in [0.5, 0.6) is 0 Å². The summed E-state index contributed by atoms with van der Waals surface area (Å²) in [4.78, 5) is 0. The van der Waals surface area contributed by atoms with E-state index in [1.165, 1.54) is 0 Å². The van der Waals surface area contributed by atoms with Gasteiger partial charge in [0, 0.05) is 12.7 Å². The van der Waals surface area contributed by atoms with Gasteiger partial charge >= 0.3 is 0 Å². The fraction of sp³-hybridized carbons (Fsp3) is 0.429. The highest BCUT2D eigenvalue weighted by molar-refractivity contribution is 5.69. The number of methoxy groups -OCH3 is 2. The van der Waals surface area contributed by atoms with Crippen LogP contribution in [0.3, 0.4) is 0 Å². The Kier molecular flexibility index (Phi) is 4.75. The summed E-state index contributed by atoms with van der Waals surface area (Å²) in [5, 5.41) is 0. The second-order valence-electron chi connectivity index (χ2n) is 3.97. The highest BCUT2D eigenvalue weighted by Crippen LogP contribution is 2.27. The summed E-state index contributed by atoms with van der Waals surface area (Å²) in [6.07, 6.45) is 1.31. The van der Waals surface area contributed by atoms with E-state index in [-0.39, 0.29) is 6.29 Å². The van der Waals surface area contributed by atoms with Gasteiger partial charge in [0.15, 0.2) is 6.29 Å². The molecule has 0 bridgehead atoms. The number of ether oxygens (including phenoxy) is 4. The normalized spacial score (nSPS) is 17.1. The Labute approximate surface area is 107 Å². The number of rotatable bonds is 5. The Morgan fingerprint density at radius 2 is 2.00 bits per heavy atom. The Bertz CT molecular complexity index is 408. The average molecular weight is 250 g/mol. The number of benzene rings is 1. The van der Waals surface area contributed by atoms with Crippen LogP contribution in [0.15, 0.2) is 30.5 Å². The molecule has 4 heteroatoms. The lowest BCUT2D eigenvalue weighted by molar-refractivity contribution is 0.00550. The number of hydrogen-bond acceptors (Lipinski definition) is 4. The fourth-order valence-corrected chi connectivity index (χ4v) is 1.99. The molecule has 0 radical (unpaired) electrons. The third-order valence-corrected chi connectivity index (χ3v) is 2.75. The summed E-state index contributed by atoms with van der Waals surface area (Å²) < 4.78 is 21.4. The van der Waals surface area contributed by atoms with Gasteiger partial charge in [-0.1, -0.05) is 24.3 Å². The Balaban J connectivity index is 2.32. The average Bonchev–Trinajstić information content (AvgIpc) is 2.91. The molecular formula is C14H18O4. The molecule has 0 N–H and O–H groups in total. The van der Waals surface area contributed by atoms with Gasteiger partial charge in [0.1, 0.15) is 0 Å². The van der Waals surface area contributed by atoms with Gasteiger partial charge in [-0.05, 0) is 11.1 Å². The summed E-state index contributed by atoms with van der Waals surface area (Å²) in [5.41, 5.74) is 3.01. The van der Waals surface area contributed by atoms with Gasteiger partial charge in [0.25, 0.3) is 0 Å². The van der Waals surface area contributed by atoms with Gasteiger partial charge < -0.3 is 18.9 Å². The predicted molar refractivity (Wildman–Crippen MR) is 67.8 cm³/mol. The summed E-state index contributed by atoms with van der Waals surface area (Å²) in [7, 11) is 3.30. The lowest BCUT2D eigenvalue weighted by atomic mass is 10.0. The molecule has 0 amide bonds. The van der Waals surface area contributed by atoms with E-state index in [0.717, 1.165) is 16.7 Å². The van der Waals surface area contributed by atoms with Crippen LogP contribution in [-0.2, 0) is 25.6 Å². The molecule has 0 aliphatic carbocycles. The zero-order valence-electron chi connectivity index (χ0n) is 10.7. The van der Waals surface area contributed by atoms with Crippen molar-refractivity contribution in [2.24, 2.45) is 0 Å². The predicted octanol–water partition coefficient (Wildman–Crippen LogP) is 2.19. The van der Waals surface area contributed by atoms with Gasteiger partial charge in [-0.2, -0.15) is 0 Å².